The Morgan fingerprint density at radius 3 is 2.78 bits per heavy atom. The van der Waals surface area contributed by atoms with Crippen molar-refractivity contribution in [3.8, 4) is 5.75 Å². The van der Waals surface area contributed by atoms with Crippen LogP contribution in [0.4, 0.5) is 5.69 Å². The van der Waals surface area contributed by atoms with Crippen molar-refractivity contribution in [2.24, 2.45) is 0 Å². The molecule has 1 unspecified atom stereocenters. The molecule has 1 saturated heterocycles. The summed E-state index contributed by atoms with van der Waals surface area (Å²) < 4.78 is 12.0. The Morgan fingerprint density at radius 1 is 1.22 bits per heavy atom. The molecule has 1 aromatic carbocycles. The fraction of sp³-hybridized carbons (Fsp3) is 0.600. The first-order valence-corrected chi connectivity index (χ1v) is 6.93. The highest BCUT2D eigenvalue weighted by atomic mass is 16.6. The van der Waals surface area contributed by atoms with Gasteiger partial charge in [0, 0.05) is 0 Å². The van der Waals surface area contributed by atoms with Gasteiger partial charge in [0.05, 0.1) is 17.4 Å². The highest BCUT2D eigenvalue weighted by molar-refractivity contribution is 5.51. The number of para-hydroxylation sites is 2. The predicted molar refractivity (Wildman–Crippen MR) is 71.7 cm³/mol. The standard InChI is InChI=1S/C15H21NO2/c16-13-5-1-2-6-14(13)17-11-12-7-10-15(18-12)8-3-4-9-15/h1-2,5-6,12H,3-4,7-11,16H2. The van der Waals surface area contributed by atoms with E-state index < -0.39 is 0 Å². The third-order valence-corrected chi connectivity index (χ3v) is 4.20. The molecule has 0 radical (unpaired) electrons. The Labute approximate surface area is 108 Å². The Bertz CT molecular complexity index is 413. The second kappa shape index (κ2) is 4.81. The summed E-state index contributed by atoms with van der Waals surface area (Å²) in [6.45, 7) is 0.621. The first kappa shape index (κ1) is 11.8. The summed E-state index contributed by atoms with van der Waals surface area (Å²) in [6.07, 6.45) is 7.66. The topological polar surface area (TPSA) is 44.5 Å². The van der Waals surface area contributed by atoms with Crippen LogP contribution in [0, 0.1) is 0 Å². The maximum absolute atomic E-state index is 6.21. The molecule has 1 heterocycles. The van der Waals surface area contributed by atoms with Crippen LogP contribution in [-0.2, 0) is 4.74 Å². The van der Waals surface area contributed by atoms with Gasteiger partial charge in [-0.15, -0.1) is 0 Å². The minimum Gasteiger partial charge on any atom is -0.489 e. The van der Waals surface area contributed by atoms with Crippen molar-refractivity contribution in [3.05, 3.63) is 24.3 Å². The molecule has 98 valence electrons. The summed E-state index contributed by atoms with van der Waals surface area (Å²) in [6, 6.07) is 7.64. The predicted octanol–water partition coefficient (Wildman–Crippen LogP) is 3.14. The van der Waals surface area contributed by atoms with Crippen LogP contribution in [0.25, 0.3) is 0 Å². The molecule has 3 nitrogen and oxygen atoms in total. The molecule has 0 aromatic heterocycles. The lowest BCUT2D eigenvalue weighted by Gasteiger charge is -2.23. The number of ether oxygens (including phenoxy) is 2. The van der Waals surface area contributed by atoms with Crippen LogP contribution in [0.15, 0.2) is 24.3 Å². The fourth-order valence-corrected chi connectivity index (χ4v) is 3.19. The Morgan fingerprint density at radius 2 is 2.00 bits per heavy atom. The summed E-state index contributed by atoms with van der Waals surface area (Å²) in [5, 5.41) is 0. The monoisotopic (exact) mass is 247 g/mol. The molecule has 1 spiro atoms. The molecule has 3 rings (SSSR count). The van der Waals surface area contributed by atoms with Crippen molar-refractivity contribution in [1.29, 1.82) is 0 Å². The van der Waals surface area contributed by atoms with Crippen molar-refractivity contribution in [1.82, 2.24) is 0 Å². The summed E-state index contributed by atoms with van der Waals surface area (Å²) in [4.78, 5) is 0. The van der Waals surface area contributed by atoms with E-state index in [4.69, 9.17) is 15.2 Å². The third kappa shape index (κ3) is 2.32. The van der Waals surface area contributed by atoms with E-state index in [1.54, 1.807) is 0 Å². The lowest BCUT2D eigenvalue weighted by Crippen LogP contribution is -2.27. The molecular weight excluding hydrogens is 226 g/mol. The molecule has 18 heavy (non-hydrogen) atoms. The van der Waals surface area contributed by atoms with Gasteiger partial charge >= 0.3 is 0 Å². The van der Waals surface area contributed by atoms with Crippen LogP contribution in [0.1, 0.15) is 38.5 Å². The van der Waals surface area contributed by atoms with Gasteiger partial charge in [-0.05, 0) is 37.8 Å². The Balaban J connectivity index is 1.54. The van der Waals surface area contributed by atoms with E-state index in [0.29, 0.717) is 12.3 Å². The molecule has 1 aliphatic carbocycles. The molecule has 2 aliphatic rings. The van der Waals surface area contributed by atoms with Gasteiger partial charge in [-0.1, -0.05) is 25.0 Å². The van der Waals surface area contributed by atoms with Gasteiger partial charge in [0.25, 0.3) is 0 Å². The summed E-state index contributed by atoms with van der Waals surface area (Å²) in [5.74, 6) is 0.772. The molecule has 1 atom stereocenters. The second-order valence-electron chi connectivity index (χ2n) is 5.52. The normalized spacial score (nSPS) is 25.7. The number of anilines is 1. The fourth-order valence-electron chi connectivity index (χ4n) is 3.19. The van der Waals surface area contributed by atoms with E-state index in [1.807, 2.05) is 24.3 Å². The van der Waals surface area contributed by atoms with Crippen LogP contribution in [-0.4, -0.2) is 18.3 Å². The van der Waals surface area contributed by atoms with E-state index in [-0.39, 0.29) is 11.7 Å². The quantitative estimate of drug-likeness (QED) is 0.834. The molecule has 3 heteroatoms. The van der Waals surface area contributed by atoms with Gasteiger partial charge in [0.15, 0.2) is 0 Å². The lowest BCUT2D eigenvalue weighted by molar-refractivity contribution is -0.0507. The van der Waals surface area contributed by atoms with Crippen molar-refractivity contribution in [2.45, 2.75) is 50.2 Å². The highest BCUT2D eigenvalue weighted by Crippen LogP contribution is 2.43. The summed E-state index contributed by atoms with van der Waals surface area (Å²) in [7, 11) is 0. The zero-order chi connectivity index (χ0) is 12.4. The number of nitrogen functional groups attached to an aromatic ring is 1. The number of hydrogen-bond donors (Lipinski definition) is 1. The first-order valence-electron chi connectivity index (χ1n) is 6.93. The Hall–Kier alpha value is -1.22. The SMILES string of the molecule is Nc1ccccc1OCC1CCC2(CCCC2)O1. The zero-order valence-electron chi connectivity index (χ0n) is 10.7. The smallest absolute Gasteiger partial charge is 0.142 e. The minimum absolute atomic E-state index is 0.191. The van der Waals surface area contributed by atoms with Gasteiger partial charge in [-0.25, -0.2) is 0 Å². The van der Waals surface area contributed by atoms with E-state index in [2.05, 4.69) is 0 Å². The average molecular weight is 247 g/mol. The van der Waals surface area contributed by atoms with Crippen molar-refractivity contribution in [2.75, 3.05) is 12.3 Å². The maximum atomic E-state index is 6.21. The van der Waals surface area contributed by atoms with E-state index in [1.165, 1.54) is 32.1 Å². The average Bonchev–Trinajstić information content (AvgIpc) is 3.00. The molecular formula is C15H21NO2. The van der Waals surface area contributed by atoms with Gasteiger partial charge in [0.2, 0.25) is 0 Å². The second-order valence-corrected chi connectivity index (χ2v) is 5.52. The first-order chi connectivity index (χ1) is 8.77. The summed E-state index contributed by atoms with van der Waals surface area (Å²) in [5.41, 5.74) is 6.75. The minimum atomic E-state index is 0.191. The van der Waals surface area contributed by atoms with Crippen molar-refractivity contribution in [3.63, 3.8) is 0 Å². The highest BCUT2D eigenvalue weighted by Gasteiger charge is 2.42. The van der Waals surface area contributed by atoms with Gasteiger partial charge in [0.1, 0.15) is 12.4 Å². The van der Waals surface area contributed by atoms with E-state index >= 15 is 0 Å². The Kier molecular flexibility index (Phi) is 3.16. The zero-order valence-corrected chi connectivity index (χ0v) is 10.7. The van der Waals surface area contributed by atoms with Gasteiger partial charge < -0.3 is 15.2 Å². The lowest BCUT2D eigenvalue weighted by atomic mass is 9.98. The molecule has 0 amide bonds. The molecule has 1 aliphatic heterocycles. The molecule has 1 aromatic rings. The number of hydrogen-bond acceptors (Lipinski definition) is 3. The van der Waals surface area contributed by atoms with Crippen LogP contribution in [0.2, 0.25) is 0 Å². The summed E-state index contributed by atoms with van der Waals surface area (Å²) >= 11 is 0. The molecule has 2 fully saturated rings. The van der Waals surface area contributed by atoms with Crippen molar-refractivity contribution >= 4 is 5.69 Å². The third-order valence-electron chi connectivity index (χ3n) is 4.20. The van der Waals surface area contributed by atoms with E-state index in [9.17, 15) is 0 Å². The molecule has 2 N–H and O–H groups in total. The molecule has 1 saturated carbocycles. The number of benzene rings is 1. The number of nitrogens with two attached hydrogens (primary N) is 1. The maximum Gasteiger partial charge on any atom is 0.142 e. The van der Waals surface area contributed by atoms with Gasteiger partial charge in [-0.2, -0.15) is 0 Å². The largest absolute Gasteiger partial charge is 0.489 e. The van der Waals surface area contributed by atoms with Crippen LogP contribution < -0.4 is 10.5 Å². The van der Waals surface area contributed by atoms with Crippen LogP contribution in [0.3, 0.4) is 0 Å². The van der Waals surface area contributed by atoms with E-state index in [0.717, 1.165) is 12.2 Å². The number of rotatable bonds is 3. The van der Waals surface area contributed by atoms with Crippen molar-refractivity contribution < 1.29 is 9.47 Å². The van der Waals surface area contributed by atoms with Gasteiger partial charge in [-0.3, -0.25) is 0 Å². The van der Waals surface area contributed by atoms with Crippen LogP contribution >= 0.6 is 0 Å². The molecule has 0 bridgehead atoms. The van der Waals surface area contributed by atoms with Crippen LogP contribution in [0.5, 0.6) is 5.75 Å².